The van der Waals surface area contributed by atoms with Crippen molar-refractivity contribution in [2.75, 3.05) is 49.1 Å². The molecule has 0 aliphatic carbocycles. The second-order valence-corrected chi connectivity index (χ2v) is 7.41. The molecule has 0 atom stereocenters. The molecule has 2 aromatic rings. The Hall–Kier alpha value is -3.23. The van der Waals surface area contributed by atoms with Crippen LogP contribution >= 0.6 is 0 Å². The Morgan fingerprint density at radius 1 is 0.931 bits per heavy atom. The van der Waals surface area contributed by atoms with Crippen LogP contribution < -0.4 is 9.80 Å². The number of non-ortho nitro benzene ring substituents is 1. The molecule has 3 heterocycles. The number of nitro benzene ring substituents is 1. The molecule has 9 heteroatoms. The van der Waals surface area contributed by atoms with E-state index in [1.807, 2.05) is 13.0 Å². The fourth-order valence-corrected chi connectivity index (χ4v) is 3.85. The number of aromatic nitrogens is 2. The second-order valence-electron chi connectivity index (χ2n) is 7.41. The Morgan fingerprint density at radius 3 is 2.03 bits per heavy atom. The van der Waals surface area contributed by atoms with E-state index in [1.165, 1.54) is 37.1 Å². The summed E-state index contributed by atoms with van der Waals surface area (Å²) in [6.45, 7) is 6.53. The van der Waals surface area contributed by atoms with Crippen LogP contribution in [0.3, 0.4) is 0 Å². The fourth-order valence-electron chi connectivity index (χ4n) is 3.85. The summed E-state index contributed by atoms with van der Waals surface area (Å²) in [5, 5.41) is 10.8. The highest BCUT2D eigenvalue weighted by Crippen LogP contribution is 2.24. The number of anilines is 2. The van der Waals surface area contributed by atoms with Crippen LogP contribution in [0.2, 0.25) is 0 Å². The number of piperazine rings is 1. The van der Waals surface area contributed by atoms with Crippen LogP contribution in [0.15, 0.2) is 30.3 Å². The van der Waals surface area contributed by atoms with E-state index in [-0.39, 0.29) is 11.6 Å². The number of aryl methyl sites for hydroxylation is 1. The zero-order chi connectivity index (χ0) is 20.4. The van der Waals surface area contributed by atoms with Gasteiger partial charge in [-0.05, 0) is 31.9 Å². The van der Waals surface area contributed by atoms with E-state index in [4.69, 9.17) is 0 Å². The van der Waals surface area contributed by atoms with Gasteiger partial charge in [-0.15, -0.1) is 0 Å². The highest BCUT2D eigenvalue weighted by molar-refractivity contribution is 5.94. The van der Waals surface area contributed by atoms with Crippen molar-refractivity contribution in [1.82, 2.24) is 14.9 Å². The van der Waals surface area contributed by atoms with E-state index in [0.717, 1.165) is 30.5 Å². The van der Waals surface area contributed by atoms with E-state index in [0.29, 0.717) is 31.7 Å². The Kier molecular flexibility index (Phi) is 5.28. The summed E-state index contributed by atoms with van der Waals surface area (Å²) in [6.07, 6.45) is 2.39. The van der Waals surface area contributed by atoms with Gasteiger partial charge in [-0.2, -0.15) is 0 Å². The zero-order valence-corrected chi connectivity index (χ0v) is 16.5. The van der Waals surface area contributed by atoms with Crippen LogP contribution in [0.1, 0.15) is 29.0 Å². The lowest BCUT2D eigenvalue weighted by molar-refractivity contribution is -0.384. The summed E-state index contributed by atoms with van der Waals surface area (Å²) in [5.74, 6) is 2.54. The maximum atomic E-state index is 12.7. The summed E-state index contributed by atoms with van der Waals surface area (Å²) in [4.78, 5) is 38.5. The lowest BCUT2D eigenvalue weighted by atomic mass is 10.1. The normalized spacial score (nSPS) is 16.9. The molecule has 2 fully saturated rings. The lowest BCUT2D eigenvalue weighted by Gasteiger charge is -2.35. The minimum atomic E-state index is -0.465. The molecule has 0 spiro atoms. The fraction of sp³-hybridized carbons (Fsp3) is 0.450. The maximum Gasteiger partial charge on any atom is 0.269 e. The van der Waals surface area contributed by atoms with Crippen molar-refractivity contribution in [3.8, 4) is 0 Å². The average molecular weight is 396 g/mol. The summed E-state index contributed by atoms with van der Waals surface area (Å²) >= 11 is 0. The summed E-state index contributed by atoms with van der Waals surface area (Å²) < 4.78 is 0. The SMILES string of the molecule is Cc1nc(N2CCCC2)cc(N2CCN(C(=O)c3ccc([N+](=O)[O-])cc3)CC2)n1. The number of rotatable bonds is 4. The van der Waals surface area contributed by atoms with Gasteiger partial charge in [0.2, 0.25) is 0 Å². The number of carbonyl (C=O) groups excluding carboxylic acids is 1. The van der Waals surface area contributed by atoms with Gasteiger partial charge in [0, 0.05) is 63.0 Å². The average Bonchev–Trinajstić information content (AvgIpc) is 3.28. The van der Waals surface area contributed by atoms with Crippen molar-refractivity contribution in [3.63, 3.8) is 0 Å². The van der Waals surface area contributed by atoms with Crippen molar-refractivity contribution >= 4 is 23.2 Å². The topological polar surface area (TPSA) is 95.7 Å². The van der Waals surface area contributed by atoms with Crippen LogP contribution in [-0.4, -0.2) is 65.0 Å². The highest BCUT2D eigenvalue weighted by Gasteiger charge is 2.24. The Morgan fingerprint density at radius 2 is 1.48 bits per heavy atom. The molecule has 0 saturated carbocycles. The number of hydrogen-bond donors (Lipinski definition) is 0. The quantitative estimate of drug-likeness (QED) is 0.578. The van der Waals surface area contributed by atoms with Crippen molar-refractivity contribution < 1.29 is 9.72 Å². The van der Waals surface area contributed by atoms with Crippen LogP contribution in [0.4, 0.5) is 17.3 Å². The van der Waals surface area contributed by atoms with Crippen LogP contribution in [0.5, 0.6) is 0 Å². The molecule has 1 aromatic heterocycles. The first-order chi connectivity index (χ1) is 14.0. The summed E-state index contributed by atoms with van der Waals surface area (Å²) in [6, 6.07) is 7.82. The molecule has 0 unspecified atom stereocenters. The van der Waals surface area contributed by atoms with Gasteiger partial charge in [0.1, 0.15) is 17.5 Å². The Balaban J connectivity index is 1.41. The van der Waals surface area contributed by atoms with Gasteiger partial charge >= 0.3 is 0 Å². The zero-order valence-electron chi connectivity index (χ0n) is 16.5. The van der Waals surface area contributed by atoms with E-state index in [1.54, 1.807) is 4.90 Å². The minimum Gasteiger partial charge on any atom is -0.356 e. The number of amides is 1. The molecule has 152 valence electrons. The predicted octanol–water partition coefficient (Wildman–Crippen LogP) is 2.26. The van der Waals surface area contributed by atoms with Crippen molar-refractivity contribution in [1.29, 1.82) is 0 Å². The maximum absolute atomic E-state index is 12.7. The third-order valence-electron chi connectivity index (χ3n) is 5.46. The lowest BCUT2D eigenvalue weighted by Crippen LogP contribution is -2.49. The summed E-state index contributed by atoms with van der Waals surface area (Å²) in [7, 11) is 0. The molecular weight excluding hydrogens is 372 g/mol. The molecule has 2 saturated heterocycles. The smallest absolute Gasteiger partial charge is 0.269 e. The van der Waals surface area contributed by atoms with Gasteiger partial charge in [-0.25, -0.2) is 9.97 Å². The molecule has 9 nitrogen and oxygen atoms in total. The van der Waals surface area contributed by atoms with Crippen LogP contribution in [-0.2, 0) is 0 Å². The van der Waals surface area contributed by atoms with Gasteiger partial charge in [0.25, 0.3) is 11.6 Å². The molecule has 0 N–H and O–H groups in total. The number of nitro groups is 1. The van der Waals surface area contributed by atoms with E-state index in [2.05, 4.69) is 19.8 Å². The van der Waals surface area contributed by atoms with Crippen LogP contribution in [0, 0.1) is 17.0 Å². The molecule has 4 rings (SSSR count). The van der Waals surface area contributed by atoms with Crippen molar-refractivity contribution in [3.05, 3.63) is 51.8 Å². The van der Waals surface area contributed by atoms with Gasteiger partial charge in [-0.1, -0.05) is 0 Å². The number of hydrogen-bond acceptors (Lipinski definition) is 7. The Labute approximate surface area is 169 Å². The molecular formula is C20H24N6O3. The van der Waals surface area contributed by atoms with E-state index in [9.17, 15) is 14.9 Å². The molecule has 1 amide bonds. The second kappa shape index (κ2) is 8.02. The molecule has 0 radical (unpaired) electrons. The Bertz CT molecular complexity index is 903. The largest absolute Gasteiger partial charge is 0.356 e. The first-order valence-corrected chi connectivity index (χ1v) is 9.90. The predicted molar refractivity (Wildman–Crippen MR) is 109 cm³/mol. The van der Waals surface area contributed by atoms with Gasteiger partial charge in [0.05, 0.1) is 4.92 Å². The van der Waals surface area contributed by atoms with Crippen molar-refractivity contribution in [2.24, 2.45) is 0 Å². The van der Waals surface area contributed by atoms with E-state index < -0.39 is 4.92 Å². The van der Waals surface area contributed by atoms with Gasteiger partial charge in [0.15, 0.2) is 0 Å². The van der Waals surface area contributed by atoms with Crippen molar-refractivity contribution in [2.45, 2.75) is 19.8 Å². The third kappa shape index (κ3) is 4.13. The number of benzene rings is 1. The highest BCUT2D eigenvalue weighted by atomic mass is 16.6. The molecule has 29 heavy (non-hydrogen) atoms. The molecule has 2 aliphatic rings. The number of carbonyl (C=O) groups is 1. The monoisotopic (exact) mass is 396 g/mol. The molecule has 2 aliphatic heterocycles. The van der Waals surface area contributed by atoms with Gasteiger partial charge < -0.3 is 14.7 Å². The molecule has 0 bridgehead atoms. The summed E-state index contributed by atoms with van der Waals surface area (Å²) in [5.41, 5.74) is 0.456. The van der Waals surface area contributed by atoms with E-state index >= 15 is 0 Å². The third-order valence-corrected chi connectivity index (χ3v) is 5.46. The minimum absolute atomic E-state index is 0.0145. The molecule has 1 aromatic carbocycles. The number of nitrogens with zero attached hydrogens (tertiary/aromatic N) is 6. The van der Waals surface area contributed by atoms with Gasteiger partial charge in [-0.3, -0.25) is 14.9 Å². The first-order valence-electron chi connectivity index (χ1n) is 9.90. The van der Waals surface area contributed by atoms with Crippen LogP contribution in [0.25, 0.3) is 0 Å². The first kappa shape index (κ1) is 19.1. The standard InChI is InChI=1S/C20H24N6O3/c1-15-21-18(23-8-2-3-9-23)14-19(22-15)24-10-12-25(13-11-24)20(27)16-4-6-17(7-5-16)26(28)29/h4-7,14H,2-3,8-13H2,1H3.